The van der Waals surface area contributed by atoms with Crippen LogP contribution in [0.2, 0.25) is 10.0 Å². The Labute approximate surface area is 138 Å². The van der Waals surface area contributed by atoms with Gasteiger partial charge in [-0.3, -0.25) is 0 Å². The minimum Gasteiger partial charge on any atom is -0.355 e. The smallest absolute Gasteiger partial charge is 0.202 e. The van der Waals surface area contributed by atoms with Crippen LogP contribution in [0.1, 0.15) is 19.4 Å². The van der Waals surface area contributed by atoms with Gasteiger partial charge in [0, 0.05) is 18.2 Å². The van der Waals surface area contributed by atoms with Gasteiger partial charge in [0.25, 0.3) is 0 Å². The summed E-state index contributed by atoms with van der Waals surface area (Å²) in [7, 11) is 0. The number of hydrogen-bond acceptors (Lipinski definition) is 3. The zero-order valence-corrected chi connectivity index (χ0v) is 13.8. The maximum absolute atomic E-state index is 6.11. The van der Waals surface area contributed by atoms with Gasteiger partial charge in [-0.05, 0) is 29.8 Å². The van der Waals surface area contributed by atoms with Crippen LogP contribution in [0.5, 0.6) is 0 Å². The summed E-state index contributed by atoms with van der Waals surface area (Å²) < 4.78 is 0. The van der Waals surface area contributed by atoms with Crippen molar-refractivity contribution >= 4 is 40.3 Å². The number of fused-ring (bicyclic) bond motifs is 1. The van der Waals surface area contributed by atoms with E-state index in [1.807, 2.05) is 30.3 Å². The number of H-pyrrole nitrogens is 1. The van der Waals surface area contributed by atoms with E-state index in [2.05, 4.69) is 34.1 Å². The van der Waals surface area contributed by atoms with Crippen LogP contribution in [0, 0.1) is 0 Å². The molecule has 0 saturated heterocycles. The van der Waals surface area contributed by atoms with E-state index in [1.165, 1.54) is 0 Å². The molecule has 3 rings (SSSR count). The summed E-state index contributed by atoms with van der Waals surface area (Å²) in [5.41, 5.74) is 2.61. The number of anilines is 1. The molecule has 114 valence electrons. The van der Waals surface area contributed by atoms with Gasteiger partial charge in [-0.2, -0.15) is 4.98 Å². The fourth-order valence-electron chi connectivity index (χ4n) is 2.25. The summed E-state index contributed by atoms with van der Waals surface area (Å²) in [6.45, 7) is 4.98. The molecule has 0 fully saturated rings. The van der Waals surface area contributed by atoms with Crippen LogP contribution in [0.15, 0.2) is 36.5 Å². The zero-order valence-electron chi connectivity index (χ0n) is 12.3. The predicted molar refractivity (Wildman–Crippen MR) is 91.9 cm³/mol. The summed E-state index contributed by atoms with van der Waals surface area (Å²) >= 11 is 12.1. The minimum atomic E-state index is -0.124. The first kappa shape index (κ1) is 15.1. The van der Waals surface area contributed by atoms with Crippen molar-refractivity contribution in [2.75, 3.05) is 11.9 Å². The van der Waals surface area contributed by atoms with E-state index in [4.69, 9.17) is 23.2 Å². The van der Waals surface area contributed by atoms with Crippen LogP contribution < -0.4 is 5.32 Å². The first-order valence-corrected chi connectivity index (χ1v) is 7.71. The maximum Gasteiger partial charge on any atom is 0.202 e. The first-order chi connectivity index (χ1) is 10.5. The van der Waals surface area contributed by atoms with E-state index >= 15 is 0 Å². The molecule has 0 amide bonds. The van der Waals surface area contributed by atoms with Crippen molar-refractivity contribution in [3.05, 3.63) is 52.1 Å². The van der Waals surface area contributed by atoms with Gasteiger partial charge in [0.15, 0.2) is 5.65 Å². The molecule has 2 heterocycles. The van der Waals surface area contributed by atoms with Gasteiger partial charge in [-0.1, -0.05) is 43.1 Å². The van der Waals surface area contributed by atoms with Crippen molar-refractivity contribution < 1.29 is 0 Å². The third-order valence-corrected chi connectivity index (χ3v) is 4.40. The zero-order chi connectivity index (χ0) is 15.7. The molecule has 3 aromatic rings. The van der Waals surface area contributed by atoms with Gasteiger partial charge in [0.1, 0.15) is 0 Å². The van der Waals surface area contributed by atoms with Crippen molar-refractivity contribution in [3.63, 3.8) is 0 Å². The van der Waals surface area contributed by atoms with E-state index in [-0.39, 0.29) is 5.41 Å². The quantitative estimate of drug-likeness (QED) is 0.729. The molecule has 4 nitrogen and oxygen atoms in total. The Balaban J connectivity index is 1.77. The second-order valence-corrected chi connectivity index (χ2v) is 6.64. The van der Waals surface area contributed by atoms with Gasteiger partial charge in [-0.15, -0.1) is 0 Å². The van der Waals surface area contributed by atoms with E-state index in [0.29, 0.717) is 28.2 Å². The third-order valence-electron chi connectivity index (χ3n) is 3.66. The Bertz CT molecular complexity index is 778. The highest BCUT2D eigenvalue weighted by molar-refractivity contribution is 6.42. The molecule has 1 aromatic carbocycles. The first-order valence-electron chi connectivity index (χ1n) is 6.96. The lowest BCUT2D eigenvalue weighted by Crippen LogP contribution is -2.28. The number of aromatic nitrogens is 3. The Kier molecular flexibility index (Phi) is 3.98. The van der Waals surface area contributed by atoms with Gasteiger partial charge >= 0.3 is 0 Å². The van der Waals surface area contributed by atoms with Crippen molar-refractivity contribution in [2.24, 2.45) is 0 Å². The van der Waals surface area contributed by atoms with Crippen LogP contribution in [0.3, 0.4) is 0 Å². The Morgan fingerprint density at radius 3 is 2.73 bits per heavy atom. The summed E-state index contributed by atoms with van der Waals surface area (Å²) in [5, 5.41) is 4.46. The average Bonchev–Trinajstić information content (AvgIpc) is 2.91. The molecule has 0 atom stereocenters. The molecule has 0 saturated carbocycles. The van der Waals surface area contributed by atoms with E-state index in [9.17, 15) is 0 Å². The average molecular weight is 335 g/mol. The molecule has 0 aliphatic heterocycles. The van der Waals surface area contributed by atoms with Crippen LogP contribution >= 0.6 is 23.2 Å². The highest BCUT2D eigenvalue weighted by atomic mass is 35.5. The van der Waals surface area contributed by atoms with Crippen molar-refractivity contribution in [1.82, 2.24) is 15.0 Å². The SMILES string of the molecule is CC(C)(CNc1nc2ncccc2[nH]1)c1ccc(Cl)c(Cl)c1. The van der Waals surface area contributed by atoms with Gasteiger partial charge < -0.3 is 10.3 Å². The number of hydrogen-bond donors (Lipinski definition) is 2. The van der Waals surface area contributed by atoms with Crippen LogP contribution in [-0.2, 0) is 5.41 Å². The third kappa shape index (κ3) is 3.03. The second kappa shape index (κ2) is 5.78. The Hall–Kier alpha value is -1.78. The molecular formula is C16H16Cl2N4. The van der Waals surface area contributed by atoms with Crippen molar-refractivity contribution in [3.8, 4) is 0 Å². The summed E-state index contributed by atoms with van der Waals surface area (Å²) in [5.74, 6) is 0.710. The van der Waals surface area contributed by atoms with E-state index < -0.39 is 0 Å². The van der Waals surface area contributed by atoms with Crippen LogP contribution in [0.25, 0.3) is 11.2 Å². The summed E-state index contributed by atoms with van der Waals surface area (Å²) in [6, 6.07) is 9.56. The van der Waals surface area contributed by atoms with E-state index in [0.717, 1.165) is 11.1 Å². The lowest BCUT2D eigenvalue weighted by molar-refractivity contribution is 0.555. The van der Waals surface area contributed by atoms with Crippen molar-refractivity contribution in [2.45, 2.75) is 19.3 Å². The second-order valence-electron chi connectivity index (χ2n) is 5.83. The molecule has 0 unspecified atom stereocenters. The number of nitrogens with zero attached hydrogens (tertiary/aromatic N) is 2. The molecule has 2 N–H and O–H groups in total. The number of aromatic amines is 1. The van der Waals surface area contributed by atoms with Crippen LogP contribution in [-0.4, -0.2) is 21.5 Å². The monoisotopic (exact) mass is 334 g/mol. The van der Waals surface area contributed by atoms with Gasteiger partial charge in [0.05, 0.1) is 15.6 Å². The maximum atomic E-state index is 6.11. The predicted octanol–water partition coefficient (Wildman–Crippen LogP) is 4.65. The molecular weight excluding hydrogens is 319 g/mol. The number of halogens is 2. The molecule has 0 spiro atoms. The molecule has 0 bridgehead atoms. The number of imidazole rings is 1. The normalized spacial score (nSPS) is 11.8. The molecule has 0 aliphatic carbocycles. The van der Waals surface area contributed by atoms with Crippen LogP contribution in [0.4, 0.5) is 5.95 Å². The highest BCUT2D eigenvalue weighted by Gasteiger charge is 2.22. The molecule has 22 heavy (non-hydrogen) atoms. The molecule has 2 aromatic heterocycles. The Morgan fingerprint density at radius 2 is 2.00 bits per heavy atom. The molecule has 0 radical (unpaired) electrons. The molecule has 6 heteroatoms. The van der Waals surface area contributed by atoms with Crippen molar-refractivity contribution in [1.29, 1.82) is 0 Å². The standard InChI is InChI=1S/C16H16Cl2N4/c1-16(2,10-5-6-11(17)12(18)8-10)9-20-15-21-13-4-3-7-19-14(13)22-15/h3-8H,9H2,1-2H3,(H2,19,20,21,22). The topological polar surface area (TPSA) is 53.6 Å². The Morgan fingerprint density at radius 1 is 1.18 bits per heavy atom. The number of pyridine rings is 1. The number of benzene rings is 1. The number of nitrogens with one attached hydrogen (secondary N) is 2. The summed E-state index contributed by atoms with van der Waals surface area (Å²) in [6.07, 6.45) is 1.73. The fourth-order valence-corrected chi connectivity index (χ4v) is 2.55. The van der Waals surface area contributed by atoms with E-state index in [1.54, 1.807) is 6.20 Å². The highest BCUT2D eigenvalue weighted by Crippen LogP contribution is 2.30. The summed E-state index contributed by atoms with van der Waals surface area (Å²) in [4.78, 5) is 11.8. The fraction of sp³-hybridized carbons (Fsp3) is 0.250. The van der Waals surface area contributed by atoms with Gasteiger partial charge in [0.2, 0.25) is 5.95 Å². The minimum absolute atomic E-state index is 0.124. The lowest BCUT2D eigenvalue weighted by atomic mass is 9.84. The number of rotatable bonds is 4. The largest absolute Gasteiger partial charge is 0.355 e. The van der Waals surface area contributed by atoms with Gasteiger partial charge in [-0.25, -0.2) is 4.98 Å². The molecule has 0 aliphatic rings. The lowest BCUT2D eigenvalue weighted by Gasteiger charge is -2.26.